The van der Waals surface area contributed by atoms with Crippen molar-refractivity contribution in [3.63, 3.8) is 0 Å². The summed E-state index contributed by atoms with van der Waals surface area (Å²) in [5.41, 5.74) is 6.25. The van der Waals surface area contributed by atoms with Crippen molar-refractivity contribution in [3.8, 4) is 0 Å². The molecule has 7 nitrogen and oxygen atoms in total. The van der Waals surface area contributed by atoms with E-state index in [1.165, 1.54) is 13.2 Å². The topological polar surface area (TPSA) is 114 Å². The van der Waals surface area contributed by atoms with E-state index in [0.717, 1.165) is 0 Å². The standard InChI is InChI=1S/C12H17N3O4/c1-19-6-5-14-10(16)7-15-11-8(12(17)18)3-2-4-9(11)13/h2-4,15H,5-7,13H2,1H3,(H,14,16)(H,17,18). The number of nitrogens with two attached hydrogens (primary N) is 1. The first-order valence-corrected chi connectivity index (χ1v) is 5.67. The zero-order chi connectivity index (χ0) is 14.3. The van der Waals surface area contributed by atoms with Crippen molar-refractivity contribution in [2.75, 3.05) is 37.9 Å². The highest BCUT2D eigenvalue weighted by Crippen LogP contribution is 2.23. The number of aromatic carboxylic acids is 1. The molecule has 0 spiro atoms. The van der Waals surface area contributed by atoms with Crippen LogP contribution < -0.4 is 16.4 Å². The van der Waals surface area contributed by atoms with Gasteiger partial charge in [0.15, 0.2) is 0 Å². The summed E-state index contributed by atoms with van der Waals surface area (Å²) in [5, 5.41) is 14.4. The molecule has 0 radical (unpaired) electrons. The Morgan fingerprint density at radius 3 is 2.79 bits per heavy atom. The predicted octanol–water partition coefficient (Wildman–Crippen LogP) is 0.142. The maximum atomic E-state index is 11.5. The van der Waals surface area contributed by atoms with E-state index in [-0.39, 0.29) is 29.4 Å². The van der Waals surface area contributed by atoms with Crippen molar-refractivity contribution >= 4 is 23.3 Å². The van der Waals surface area contributed by atoms with Crippen LogP contribution in [0, 0.1) is 0 Å². The first-order valence-electron chi connectivity index (χ1n) is 5.67. The molecule has 0 saturated heterocycles. The van der Waals surface area contributed by atoms with Gasteiger partial charge in [0, 0.05) is 13.7 Å². The lowest BCUT2D eigenvalue weighted by molar-refractivity contribution is -0.119. The summed E-state index contributed by atoms with van der Waals surface area (Å²) in [4.78, 5) is 22.5. The minimum Gasteiger partial charge on any atom is -0.478 e. The number of hydrogen-bond acceptors (Lipinski definition) is 5. The number of hydrogen-bond donors (Lipinski definition) is 4. The van der Waals surface area contributed by atoms with Crippen LogP contribution in [0.5, 0.6) is 0 Å². The highest BCUT2D eigenvalue weighted by molar-refractivity contribution is 5.98. The van der Waals surface area contributed by atoms with Crippen LogP contribution in [0.15, 0.2) is 18.2 Å². The summed E-state index contributed by atoms with van der Waals surface area (Å²) >= 11 is 0. The number of carboxylic acid groups (broad SMARTS) is 1. The van der Waals surface area contributed by atoms with E-state index in [1.54, 1.807) is 12.1 Å². The largest absolute Gasteiger partial charge is 0.478 e. The third kappa shape index (κ3) is 4.47. The third-order valence-corrected chi connectivity index (χ3v) is 2.38. The fourth-order valence-corrected chi connectivity index (χ4v) is 1.47. The van der Waals surface area contributed by atoms with E-state index in [2.05, 4.69) is 10.6 Å². The van der Waals surface area contributed by atoms with Crippen LogP contribution in [0.3, 0.4) is 0 Å². The number of methoxy groups -OCH3 is 1. The lowest BCUT2D eigenvalue weighted by Gasteiger charge is -2.12. The Morgan fingerprint density at radius 1 is 1.42 bits per heavy atom. The molecule has 0 aliphatic carbocycles. The number of benzene rings is 1. The maximum absolute atomic E-state index is 11.5. The Bertz CT molecular complexity index is 462. The summed E-state index contributed by atoms with van der Waals surface area (Å²) in [6.45, 7) is 0.755. The fourth-order valence-electron chi connectivity index (χ4n) is 1.47. The second-order valence-electron chi connectivity index (χ2n) is 3.77. The number of rotatable bonds is 7. The van der Waals surface area contributed by atoms with Crippen LogP contribution >= 0.6 is 0 Å². The highest BCUT2D eigenvalue weighted by atomic mass is 16.5. The molecule has 1 aromatic carbocycles. The Hall–Kier alpha value is -2.28. The number of para-hydroxylation sites is 1. The first kappa shape index (κ1) is 14.8. The van der Waals surface area contributed by atoms with Crippen LogP contribution in [0.2, 0.25) is 0 Å². The van der Waals surface area contributed by atoms with Gasteiger partial charge in [-0.3, -0.25) is 4.79 Å². The number of nitrogens with one attached hydrogen (secondary N) is 2. The molecule has 0 saturated carbocycles. The minimum absolute atomic E-state index is 0.0321. The molecule has 0 fully saturated rings. The number of carbonyl (C=O) groups is 2. The third-order valence-electron chi connectivity index (χ3n) is 2.38. The SMILES string of the molecule is COCCNC(=O)CNc1c(N)cccc1C(=O)O. The van der Waals surface area contributed by atoms with Gasteiger partial charge >= 0.3 is 5.97 Å². The van der Waals surface area contributed by atoms with Gasteiger partial charge in [0.2, 0.25) is 5.91 Å². The molecule has 104 valence electrons. The summed E-state index contributed by atoms with van der Waals surface area (Å²) in [5.74, 6) is -1.37. The lowest BCUT2D eigenvalue weighted by Crippen LogP contribution is -2.32. The van der Waals surface area contributed by atoms with Crippen LogP contribution in [0.25, 0.3) is 0 Å². The average molecular weight is 267 g/mol. The van der Waals surface area contributed by atoms with Gasteiger partial charge in [0.25, 0.3) is 0 Å². The fraction of sp³-hybridized carbons (Fsp3) is 0.333. The van der Waals surface area contributed by atoms with Crippen molar-refractivity contribution in [1.29, 1.82) is 0 Å². The molecule has 0 bridgehead atoms. The smallest absolute Gasteiger partial charge is 0.337 e. The maximum Gasteiger partial charge on any atom is 0.337 e. The molecule has 0 aliphatic heterocycles. The molecule has 5 N–H and O–H groups in total. The summed E-state index contributed by atoms with van der Waals surface area (Å²) < 4.78 is 4.79. The zero-order valence-corrected chi connectivity index (χ0v) is 10.6. The van der Waals surface area contributed by atoms with Gasteiger partial charge in [-0.1, -0.05) is 6.07 Å². The van der Waals surface area contributed by atoms with Gasteiger partial charge < -0.3 is 26.2 Å². The number of carboxylic acids is 1. The van der Waals surface area contributed by atoms with Gasteiger partial charge in [-0.15, -0.1) is 0 Å². The van der Waals surface area contributed by atoms with Gasteiger partial charge in [0.1, 0.15) is 0 Å². The molecule has 0 heterocycles. The van der Waals surface area contributed by atoms with Gasteiger partial charge in [-0.05, 0) is 12.1 Å². The first-order chi connectivity index (χ1) is 9.06. The molecule has 7 heteroatoms. The second kappa shape index (κ2) is 7.22. The Labute approximate surface area is 110 Å². The molecular weight excluding hydrogens is 250 g/mol. The summed E-state index contributed by atoms with van der Waals surface area (Å²) in [6, 6.07) is 4.53. The van der Waals surface area contributed by atoms with E-state index in [0.29, 0.717) is 13.2 Å². The van der Waals surface area contributed by atoms with Crippen molar-refractivity contribution in [3.05, 3.63) is 23.8 Å². The van der Waals surface area contributed by atoms with E-state index >= 15 is 0 Å². The number of nitrogen functional groups attached to an aromatic ring is 1. The molecular formula is C12H17N3O4. The highest BCUT2D eigenvalue weighted by Gasteiger charge is 2.13. The van der Waals surface area contributed by atoms with Crippen molar-refractivity contribution in [1.82, 2.24) is 5.32 Å². The van der Waals surface area contributed by atoms with Crippen LogP contribution in [-0.4, -0.2) is 43.8 Å². The van der Waals surface area contributed by atoms with Gasteiger partial charge in [-0.25, -0.2) is 4.79 Å². The van der Waals surface area contributed by atoms with E-state index in [1.807, 2.05) is 0 Å². The number of carbonyl (C=O) groups excluding carboxylic acids is 1. The monoisotopic (exact) mass is 267 g/mol. The molecule has 0 unspecified atom stereocenters. The Morgan fingerprint density at radius 2 is 2.16 bits per heavy atom. The summed E-state index contributed by atoms with van der Waals surface area (Å²) in [7, 11) is 1.54. The zero-order valence-electron chi connectivity index (χ0n) is 10.6. The average Bonchev–Trinajstić information content (AvgIpc) is 2.37. The summed E-state index contributed by atoms with van der Waals surface area (Å²) in [6.07, 6.45) is 0. The van der Waals surface area contributed by atoms with Gasteiger partial charge in [-0.2, -0.15) is 0 Å². The number of ether oxygens (including phenoxy) is 1. The van der Waals surface area contributed by atoms with Gasteiger partial charge in [0.05, 0.1) is 30.1 Å². The van der Waals surface area contributed by atoms with Crippen LogP contribution in [0.1, 0.15) is 10.4 Å². The molecule has 1 aromatic rings. The van der Waals surface area contributed by atoms with Crippen molar-refractivity contribution in [2.24, 2.45) is 0 Å². The minimum atomic E-state index is -1.10. The lowest BCUT2D eigenvalue weighted by atomic mass is 10.1. The van der Waals surface area contributed by atoms with E-state index < -0.39 is 5.97 Å². The van der Waals surface area contributed by atoms with Crippen LogP contribution in [0.4, 0.5) is 11.4 Å². The number of anilines is 2. The Kier molecular flexibility index (Phi) is 5.62. The predicted molar refractivity (Wildman–Crippen MR) is 71.2 cm³/mol. The normalized spacial score (nSPS) is 9.95. The van der Waals surface area contributed by atoms with Crippen molar-refractivity contribution in [2.45, 2.75) is 0 Å². The molecule has 0 aliphatic rings. The molecule has 0 aromatic heterocycles. The molecule has 0 atom stereocenters. The second-order valence-corrected chi connectivity index (χ2v) is 3.77. The molecule has 1 amide bonds. The van der Waals surface area contributed by atoms with E-state index in [4.69, 9.17) is 15.6 Å². The quantitative estimate of drug-likeness (QED) is 0.413. The van der Waals surface area contributed by atoms with Crippen molar-refractivity contribution < 1.29 is 19.4 Å². The van der Waals surface area contributed by atoms with Crippen LogP contribution in [-0.2, 0) is 9.53 Å². The Balaban J connectivity index is 2.62. The molecule has 1 rings (SSSR count). The molecule has 19 heavy (non-hydrogen) atoms. The number of amides is 1. The van der Waals surface area contributed by atoms with E-state index in [9.17, 15) is 9.59 Å².